The average Bonchev–Trinajstić information content (AvgIpc) is 3.18. The maximum Gasteiger partial charge on any atom is 0.285 e. The Bertz CT molecular complexity index is 1210. The fourth-order valence-electron chi connectivity index (χ4n) is 2.64. The summed E-state index contributed by atoms with van der Waals surface area (Å²) in [6.07, 6.45) is 5.47. The number of fused-ring (bicyclic) bond motifs is 2. The Hall–Kier alpha value is -2.76. The summed E-state index contributed by atoms with van der Waals surface area (Å²) >= 11 is 1.24. The molecule has 0 amide bonds. The van der Waals surface area contributed by atoms with Gasteiger partial charge in [0.15, 0.2) is 11.5 Å². The van der Waals surface area contributed by atoms with Gasteiger partial charge in [-0.2, -0.15) is 8.42 Å². The molecule has 0 bridgehead atoms. The minimum absolute atomic E-state index is 0.141. The molecule has 1 aromatic heterocycles. The lowest BCUT2D eigenvalue weighted by molar-refractivity contribution is 0.174. The van der Waals surface area contributed by atoms with E-state index in [-0.39, 0.29) is 18.2 Å². The van der Waals surface area contributed by atoms with Crippen LogP contribution in [0, 0.1) is 19.3 Å². The number of sulfonamides is 1. The predicted octanol–water partition coefficient (Wildman–Crippen LogP) is 2.66. The fourth-order valence-corrected chi connectivity index (χ4v) is 4.88. The van der Waals surface area contributed by atoms with E-state index in [1.54, 1.807) is 34.9 Å². The molecule has 2 aromatic carbocycles. The molecular weight excluding hydrogens is 372 g/mol. The smallest absolute Gasteiger partial charge is 0.285 e. The van der Waals surface area contributed by atoms with Crippen molar-refractivity contribution in [2.24, 2.45) is 4.40 Å². The summed E-state index contributed by atoms with van der Waals surface area (Å²) < 4.78 is 42.7. The van der Waals surface area contributed by atoms with E-state index in [4.69, 9.17) is 15.9 Å². The maximum absolute atomic E-state index is 12.7. The van der Waals surface area contributed by atoms with Crippen LogP contribution in [0.15, 0.2) is 45.7 Å². The number of thiazole rings is 1. The van der Waals surface area contributed by atoms with Crippen molar-refractivity contribution in [1.29, 1.82) is 0 Å². The van der Waals surface area contributed by atoms with Gasteiger partial charge in [-0.1, -0.05) is 35.0 Å². The van der Waals surface area contributed by atoms with Gasteiger partial charge in [-0.05, 0) is 19.1 Å². The van der Waals surface area contributed by atoms with E-state index in [2.05, 4.69) is 10.3 Å². The molecule has 2 heterocycles. The molecular formula is C18H14N2O4S2. The van der Waals surface area contributed by atoms with Crippen molar-refractivity contribution in [2.45, 2.75) is 18.4 Å². The molecule has 6 nitrogen and oxygen atoms in total. The Morgan fingerprint density at radius 1 is 1.23 bits per heavy atom. The topological polar surface area (TPSA) is 69.9 Å². The fraction of sp³-hybridized carbons (Fsp3) is 0.167. The van der Waals surface area contributed by atoms with Crippen LogP contribution in [0.4, 0.5) is 0 Å². The maximum atomic E-state index is 12.7. The molecule has 0 atom stereocenters. The van der Waals surface area contributed by atoms with E-state index in [1.165, 1.54) is 11.3 Å². The van der Waals surface area contributed by atoms with E-state index in [1.807, 2.05) is 13.0 Å². The van der Waals surface area contributed by atoms with Gasteiger partial charge in [-0.25, -0.2) is 0 Å². The summed E-state index contributed by atoms with van der Waals surface area (Å²) in [5.74, 6) is 3.78. The molecule has 0 radical (unpaired) electrons. The average molecular weight is 386 g/mol. The van der Waals surface area contributed by atoms with E-state index in [0.717, 1.165) is 15.8 Å². The second-order valence-corrected chi connectivity index (χ2v) is 8.34. The molecule has 4 rings (SSSR count). The van der Waals surface area contributed by atoms with Crippen LogP contribution in [0.5, 0.6) is 11.5 Å². The number of hydrogen-bond donors (Lipinski definition) is 0. The lowest BCUT2D eigenvalue weighted by Gasteiger charge is -2.02. The van der Waals surface area contributed by atoms with E-state index in [9.17, 15) is 8.42 Å². The second-order valence-electron chi connectivity index (χ2n) is 5.73. The summed E-state index contributed by atoms with van der Waals surface area (Å²) in [4.78, 5) is 0.448. The molecule has 132 valence electrons. The van der Waals surface area contributed by atoms with Crippen LogP contribution in [-0.4, -0.2) is 19.8 Å². The Kier molecular flexibility index (Phi) is 3.98. The summed E-state index contributed by atoms with van der Waals surface area (Å²) in [5.41, 5.74) is 1.73. The summed E-state index contributed by atoms with van der Waals surface area (Å²) in [5, 5.41) is 0. The van der Waals surface area contributed by atoms with Crippen molar-refractivity contribution >= 4 is 31.6 Å². The van der Waals surface area contributed by atoms with E-state index >= 15 is 0 Å². The first kappa shape index (κ1) is 16.7. The Balaban J connectivity index is 1.93. The minimum Gasteiger partial charge on any atom is -0.454 e. The van der Waals surface area contributed by atoms with Crippen LogP contribution in [-0.2, 0) is 16.6 Å². The second kappa shape index (κ2) is 6.20. The van der Waals surface area contributed by atoms with Gasteiger partial charge >= 0.3 is 0 Å². The van der Waals surface area contributed by atoms with Crippen LogP contribution >= 0.6 is 11.3 Å². The number of hydrogen-bond acceptors (Lipinski definition) is 5. The third-order valence-corrected chi connectivity index (χ3v) is 6.38. The third kappa shape index (κ3) is 2.85. The predicted molar refractivity (Wildman–Crippen MR) is 98.7 cm³/mol. The number of aryl methyl sites for hydroxylation is 1. The highest BCUT2D eigenvalue weighted by Crippen LogP contribution is 2.37. The van der Waals surface area contributed by atoms with Gasteiger partial charge in [0, 0.05) is 12.1 Å². The van der Waals surface area contributed by atoms with Gasteiger partial charge in [0.05, 0.1) is 21.7 Å². The molecule has 0 aliphatic carbocycles. The molecule has 8 heteroatoms. The summed E-state index contributed by atoms with van der Waals surface area (Å²) in [7, 11) is -3.85. The van der Waals surface area contributed by atoms with Gasteiger partial charge in [0.25, 0.3) is 10.0 Å². The molecule has 1 aliphatic heterocycles. The first-order valence-corrected chi connectivity index (χ1v) is 9.98. The van der Waals surface area contributed by atoms with Crippen molar-refractivity contribution in [3.05, 3.63) is 46.8 Å². The highest BCUT2D eigenvalue weighted by molar-refractivity contribution is 7.90. The lowest BCUT2D eigenvalue weighted by Crippen LogP contribution is -2.16. The Morgan fingerprint density at radius 3 is 2.62 bits per heavy atom. The number of ether oxygens (including phenoxy) is 2. The van der Waals surface area contributed by atoms with Gasteiger partial charge in [0.2, 0.25) is 11.6 Å². The molecule has 3 aromatic rings. The SMILES string of the molecule is C#CCn1c(=NS(=O)(=O)c2ccc(C)cc2)sc2cc3c(cc21)OCO3. The molecule has 26 heavy (non-hydrogen) atoms. The highest BCUT2D eigenvalue weighted by atomic mass is 32.2. The number of terminal acetylenes is 1. The highest BCUT2D eigenvalue weighted by Gasteiger charge is 2.19. The van der Waals surface area contributed by atoms with Crippen molar-refractivity contribution in [3.8, 4) is 23.8 Å². The van der Waals surface area contributed by atoms with Crippen molar-refractivity contribution in [1.82, 2.24) is 4.57 Å². The van der Waals surface area contributed by atoms with Crippen LogP contribution in [0.2, 0.25) is 0 Å². The number of aromatic nitrogens is 1. The normalized spacial score (nSPS) is 13.9. The quantitative estimate of drug-likeness (QED) is 0.649. The zero-order valence-electron chi connectivity index (χ0n) is 13.8. The van der Waals surface area contributed by atoms with Crippen LogP contribution in [0.3, 0.4) is 0 Å². The Morgan fingerprint density at radius 2 is 1.92 bits per heavy atom. The molecule has 0 spiro atoms. The number of benzene rings is 2. The monoisotopic (exact) mass is 386 g/mol. The van der Waals surface area contributed by atoms with Gasteiger partial charge in [-0.3, -0.25) is 0 Å². The minimum atomic E-state index is -3.85. The largest absolute Gasteiger partial charge is 0.454 e. The van der Waals surface area contributed by atoms with Crippen LogP contribution in [0.25, 0.3) is 10.2 Å². The standard InChI is InChI=1S/C18H14N2O4S2/c1-3-8-20-14-9-15-16(24-11-23-15)10-17(14)25-18(20)19-26(21,22)13-6-4-12(2)5-7-13/h1,4-7,9-10H,8,11H2,2H3. The van der Waals surface area contributed by atoms with E-state index < -0.39 is 10.0 Å². The van der Waals surface area contributed by atoms with Gasteiger partial charge < -0.3 is 14.0 Å². The third-order valence-electron chi connectivity index (χ3n) is 3.94. The molecule has 0 N–H and O–H groups in total. The first-order valence-electron chi connectivity index (χ1n) is 7.72. The molecule has 0 saturated carbocycles. The first-order chi connectivity index (χ1) is 12.5. The summed E-state index contributed by atoms with van der Waals surface area (Å²) in [6.45, 7) is 2.26. The lowest BCUT2D eigenvalue weighted by atomic mass is 10.2. The van der Waals surface area contributed by atoms with Gasteiger partial charge in [0.1, 0.15) is 0 Å². The number of nitrogens with zero attached hydrogens (tertiary/aromatic N) is 2. The molecule has 0 fully saturated rings. The molecule has 1 aliphatic rings. The van der Waals surface area contributed by atoms with Crippen molar-refractivity contribution in [3.63, 3.8) is 0 Å². The zero-order valence-corrected chi connectivity index (χ0v) is 15.4. The molecule has 0 saturated heterocycles. The molecule has 0 unspecified atom stereocenters. The van der Waals surface area contributed by atoms with Crippen molar-refractivity contribution in [2.75, 3.05) is 6.79 Å². The number of rotatable bonds is 3. The van der Waals surface area contributed by atoms with Crippen molar-refractivity contribution < 1.29 is 17.9 Å². The van der Waals surface area contributed by atoms with Crippen LogP contribution < -0.4 is 14.3 Å². The van der Waals surface area contributed by atoms with E-state index in [0.29, 0.717) is 16.3 Å². The summed E-state index contributed by atoms with van der Waals surface area (Å²) in [6, 6.07) is 10.2. The van der Waals surface area contributed by atoms with Gasteiger partial charge in [-0.15, -0.1) is 10.8 Å². The van der Waals surface area contributed by atoms with Crippen LogP contribution in [0.1, 0.15) is 5.56 Å². The Labute approximate surface area is 154 Å². The zero-order chi connectivity index (χ0) is 18.3.